The predicted octanol–water partition coefficient (Wildman–Crippen LogP) is 6.14. The van der Waals surface area contributed by atoms with Crippen molar-refractivity contribution in [3.8, 4) is 11.3 Å². The number of aromatic nitrogens is 1. The smallest absolute Gasteiger partial charge is 0.241 e. The van der Waals surface area contributed by atoms with E-state index in [0.717, 1.165) is 27.2 Å². The first-order chi connectivity index (χ1) is 11.5. The van der Waals surface area contributed by atoms with Crippen LogP contribution in [0.2, 0.25) is 0 Å². The molecule has 124 valence electrons. The Morgan fingerprint density at radius 1 is 1.08 bits per heavy atom. The number of thioether (sulfide) groups is 1. The third kappa shape index (κ3) is 3.99. The van der Waals surface area contributed by atoms with Crippen molar-refractivity contribution < 1.29 is 13.2 Å². The standard InChI is InChI=1S/C18H14F3NS2/c1-23-15-7-3-5-13(10-15)16-11-24-17(22-16)9-12-4-2-6-14(8-12)18(19,20)21/h2-8,10-11H,9H2,1H3. The molecule has 0 fully saturated rings. The highest BCUT2D eigenvalue weighted by Gasteiger charge is 2.30. The summed E-state index contributed by atoms with van der Waals surface area (Å²) in [7, 11) is 0. The molecular formula is C18H14F3NS2. The molecule has 6 heteroatoms. The molecule has 0 atom stereocenters. The van der Waals surface area contributed by atoms with Crippen molar-refractivity contribution >= 4 is 23.1 Å². The zero-order valence-electron chi connectivity index (χ0n) is 12.8. The van der Waals surface area contributed by atoms with Crippen LogP contribution >= 0.6 is 23.1 Å². The highest BCUT2D eigenvalue weighted by atomic mass is 32.2. The first-order valence-electron chi connectivity index (χ1n) is 7.20. The molecule has 1 heterocycles. The van der Waals surface area contributed by atoms with Gasteiger partial charge in [0.2, 0.25) is 0 Å². The third-order valence-electron chi connectivity index (χ3n) is 3.53. The van der Waals surface area contributed by atoms with Gasteiger partial charge >= 0.3 is 6.18 Å². The number of hydrogen-bond donors (Lipinski definition) is 0. The summed E-state index contributed by atoms with van der Waals surface area (Å²) in [6.45, 7) is 0. The highest BCUT2D eigenvalue weighted by molar-refractivity contribution is 7.98. The molecule has 3 aromatic rings. The second-order valence-electron chi connectivity index (χ2n) is 5.23. The Morgan fingerprint density at radius 2 is 1.88 bits per heavy atom. The molecule has 24 heavy (non-hydrogen) atoms. The minimum absolute atomic E-state index is 0.400. The van der Waals surface area contributed by atoms with Crippen LogP contribution in [-0.4, -0.2) is 11.2 Å². The molecule has 0 N–H and O–H groups in total. The Balaban J connectivity index is 1.81. The fourth-order valence-corrected chi connectivity index (χ4v) is 3.64. The third-order valence-corrected chi connectivity index (χ3v) is 5.10. The van der Waals surface area contributed by atoms with Crippen molar-refractivity contribution in [3.05, 3.63) is 70.0 Å². The van der Waals surface area contributed by atoms with Gasteiger partial charge in [0.25, 0.3) is 0 Å². The maximum absolute atomic E-state index is 12.8. The summed E-state index contributed by atoms with van der Waals surface area (Å²) in [6.07, 6.45) is -1.90. The van der Waals surface area contributed by atoms with Crippen molar-refractivity contribution in [2.75, 3.05) is 6.26 Å². The number of rotatable bonds is 4. The average Bonchev–Trinajstić information content (AvgIpc) is 3.03. The Hall–Kier alpha value is -1.79. The van der Waals surface area contributed by atoms with Gasteiger partial charge in [0, 0.05) is 22.3 Å². The molecule has 1 aromatic heterocycles. The van der Waals surface area contributed by atoms with Crippen LogP contribution < -0.4 is 0 Å². The molecule has 0 bridgehead atoms. The lowest BCUT2D eigenvalue weighted by atomic mass is 10.1. The van der Waals surface area contributed by atoms with Gasteiger partial charge in [-0.2, -0.15) is 13.2 Å². The lowest BCUT2D eigenvalue weighted by molar-refractivity contribution is -0.137. The lowest BCUT2D eigenvalue weighted by Crippen LogP contribution is -2.05. The van der Waals surface area contributed by atoms with Gasteiger partial charge in [0.15, 0.2) is 0 Å². The van der Waals surface area contributed by atoms with Crippen molar-refractivity contribution in [2.24, 2.45) is 0 Å². The summed E-state index contributed by atoms with van der Waals surface area (Å²) in [5.41, 5.74) is 1.87. The number of thiazole rings is 1. The van der Waals surface area contributed by atoms with E-state index in [1.165, 1.54) is 23.5 Å². The largest absolute Gasteiger partial charge is 0.416 e. The predicted molar refractivity (Wildman–Crippen MR) is 93.6 cm³/mol. The molecular weight excluding hydrogens is 351 g/mol. The van der Waals surface area contributed by atoms with Crippen LogP contribution in [0, 0.1) is 0 Å². The second-order valence-corrected chi connectivity index (χ2v) is 7.06. The van der Waals surface area contributed by atoms with Crippen LogP contribution in [0.15, 0.2) is 58.8 Å². The maximum atomic E-state index is 12.8. The number of halogens is 3. The zero-order chi connectivity index (χ0) is 17.2. The Bertz CT molecular complexity index is 840. The molecule has 0 aliphatic carbocycles. The van der Waals surface area contributed by atoms with E-state index in [0.29, 0.717) is 12.0 Å². The zero-order valence-corrected chi connectivity index (χ0v) is 14.4. The van der Waals surface area contributed by atoms with Crippen molar-refractivity contribution in [2.45, 2.75) is 17.5 Å². The minimum atomic E-state index is -4.32. The molecule has 0 aliphatic heterocycles. The summed E-state index contributed by atoms with van der Waals surface area (Å²) in [5.74, 6) is 0. The molecule has 3 rings (SSSR count). The van der Waals surface area contributed by atoms with Gasteiger partial charge in [-0.05, 0) is 30.0 Å². The summed E-state index contributed by atoms with van der Waals surface area (Å²) < 4.78 is 38.4. The molecule has 0 spiro atoms. The molecule has 0 saturated carbocycles. The first-order valence-corrected chi connectivity index (χ1v) is 9.31. The molecule has 0 unspecified atom stereocenters. The lowest BCUT2D eigenvalue weighted by Gasteiger charge is -2.07. The van der Waals surface area contributed by atoms with E-state index in [1.54, 1.807) is 17.8 Å². The van der Waals surface area contributed by atoms with Gasteiger partial charge in [-0.1, -0.05) is 30.3 Å². The Morgan fingerprint density at radius 3 is 2.62 bits per heavy atom. The van der Waals surface area contributed by atoms with Gasteiger partial charge in [0.1, 0.15) is 0 Å². The number of benzene rings is 2. The molecule has 0 saturated heterocycles. The SMILES string of the molecule is CSc1cccc(-c2csc(Cc3cccc(C(F)(F)F)c3)n2)c1. The fraction of sp³-hybridized carbons (Fsp3) is 0.167. The molecule has 0 radical (unpaired) electrons. The van der Waals surface area contributed by atoms with E-state index in [1.807, 2.05) is 29.8 Å². The van der Waals surface area contributed by atoms with Crippen molar-refractivity contribution in [1.29, 1.82) is 0 Å². The van der Waals surface area contributed by atoms with Gasteiger partial charge < -0.3 is 0 Å². The first kappa shape index (κ1) is 17.0. The Kier molecular flexibility index (Phi) is 4.96. The van der Waals surface area contributed by atoms with Gasteiger partial charge in [-0.3, -0.25) is 0 Å². The molecule has 0 amide bonds. The highest BCUT2D eigenvalue weighted by Crippen LogP contribution is 2.31. The minimum Gasteiger partial charge on any atom is -0.241 e. The van der Waals surface area contributed by atoms with Gasteiger partial charge in [-0.25, -0.2) is 4.98 Å². The van der Waals surface area contributed by atoms with Gasteiger partial charge in [0.05, 0.1) is 16.3 Å². The quantitative estimate of drug-likeness (QED) is 0.515. The van der Waals surface area contributed by atoms with E-state index in [2.05, 4.69) is 11.1 Å². The van der Waals surface area contributed by atoms with Crippen LogP contribution in [0.25, 0.3) is 11.3 Å². The van der Waals surface area contributed by atoms with E-state index in [9.17, 15) is 13.2 Å². The summed E-state index contributed by atoms with van der Waals surface area (Å²) in [5, 5.41) is 2.75. The number of nitrogens with zero attached hydrogens (tertiary/aromatic N) is 1. The van der Waals surface area contributed by atoms with Gasteiger partial charge in [-0.15, -0.1) is 23.1 Å². The van der Waals surface area contributed by atoms with Crippen LogP contribution in [0.5, 0.6) is 0 Å². The Labute approximate surface area is 146 Å². The fourth-order valence-electron chi connectivity index (χ4n) is 2.34. The maximum Gasteiger partial charge on any atom is 0.416 e. The number of alkyl halides is 3. The van der Waals surface area contributed by atoms with Crippen LogP contribution in [0.1, 0.15) is 16.1 Å². The molecule has 2 aromatic carbocycles. The summed E-state index contributed by atoms with van der Waals surface area (Å²) in [6, 6.07) is 13.5. The number of hydrogen-bond acceptors (Lipinski definition) is 3. The monoisotopic (exact) mass is 365 g/mol. The second kappa shape index (κ2) is 6.99. The van der Waals surface area contributed by atoms with E-state index in [4.69, 9.17) is 0 Å². The van der Waals surface area contributed by atoms with Crippen molar-refractivity contribution in [1.82, 2.24) is 4.98 Å². The summed E-state index contributed by atoms with van der Waals surface area (Å²) >= 11 is 3.13. The van der Waals surface area contributed by atoms with Crippen LogP contribution in [0.3, 0.4) is 0 Å². The van der Waals surface area contributed by atoms with Crippen LogP contribution in [0.4, 0.5) is 13.2 Å². The van der Waals surface area contributed by atoms with E-state index in [-0.39, 0.29) is 0 Å². The topological polar surface area (TPSA) is 12.9 Å². The molecule has 0 aliphatic rings. The van der Waals surface area contributed by atoms with E-state index >= 15 is 0 Å². The molecule has 1 nitrogen and oxygen atoms in total. The van der Waals surface area contributed by atoms with Crippen molar-refractivity contribution in [3.63, 3.8) is 0 Å². The summed E-state index contributed by atoms with van der Waals surface area (Å²) in [4.78, 5) is 5.72. The normalized spacial score (nSPS) is 11.7. The van der Waals surface area contributed by atoms with E-state index < -0.39 is 11.7 Å². The average molecular weight is 365 g/mol. The van der Waals surface area contributed by atoms with Crippen LogP contribution in [-0.2, 0) is 12.6 Å².